The summed E-state index contributed by atoms with van der Waals surface area (Å²) < 4.78 is 7.00. The first kappa shape index (κ1) is 21.1. The summed E-state index contributed by atoms with van der Waals surface area (Å²) in [5.74, 6) is 0.825. The van der Waals surface area contributed by atoms with Crippen LogP contribution in [0.1, 0.15) is 32.9 Å². The lowest BCUT2D eigenvalue weighted by molar-refractivity contribution is 0.0977. The molecule has 1 aromatic heterocycles. The van der Waals surface area contributed by atoms with Gasteiger partial charge in [-0.15, -0.1) is 0 Å². The summed E-state index contributed by atoms with van der Waals surface area (Å²) in [6.45, 7) is 6.38. The zero-order valence-corrected chi connectivity index (χ0v) is 18.0. The fourth-order valence-electron chi connectivity index (χ4n) is 3.08. The molecule has 3 aromatic rings. The number of nitrogens with zero attached hydrogens (tertiary/aromatic N) is 3. The number of methoxy groups -OCH3 is 1. The van der Waals surface area contributed by atoms with Crippen molar-refractivity contribution >= 4 is 17.6 Å². The third-order valence-electron chi connectivity index (χ3n) is 5.04. The normalized spacial score (nSPS) is 11.3. The Kier molecular flexibility index (Phi) is 6.51. The van der Waals surface area contributed by atoms with Crippen LogP contribution in [0.2, 0.25) is 0 Å². The predicted octanol–water partition coefficient (Wildman–Crippen LogP) is 3.75. The number of anilines is 1. The Bertz CT molecular complexity index is 1070. The SMILES string of the molecule is COc1ccc(C(=O)NC(=NCc2c(C)nn(C)c2C)Nc2ccccc2C)cc1. The van der Waals surface area contributed by atoms with Crippen LogP contribution >= 0.6 is 0 Å². The van der Waals surface area contributed by atoms with Crippen LogP contribution in [0, 0.1) is 20.8 Å². The summed E-state index contributed by atoms with van der Waals surface area (Å²) in [5.41, 5.74) is 5.47. The van der Waals surface area contributed by atoms with E-state index in [1.54, 1.807) is 31.4 Å². The molecule has 0 saturated carbocycles. The van der Waals surface area contributed by atoms with Crippen LogP contribution in [0.3, 0.4) is 0 Å². The smallest absolute Gasteiger partial charge is 0.257 e. The van der Waals surface area contributed by atoms with Crippen molar-refractivity contribution in [2.75, 3.05) is 12.4 Å². The van der Waals surface area contributed by atoms with Gasteiger partial charge in [0.15, 0.2) is 0 Å². The first-order valence-electron chi connectivity index (χ1n) is 9.70. The molecule has 1 heterocycles. The molecule has 3 rings (SSSR count). The number of aliphatic imine (C=N–C) groups is 1. The number of nitrogens with one attached hydrogen (secondary N) is 2. The minimum Gasteiger partial charge on any atom is -0.497 e. The Morgan fingerprint density at radius 1 is 1.10 bits per heavy atom. The number of benzene rings is 2. The number of guanidine groups is 1. The first-order valence-corrected chi connectivity index (χ1v) is 9.70. The number of ether oxygens (including phenoxy) is 1. The number of hydrogen-bond acceptors (Lipinski definition) is 4. The molecule has 7 nitrogen and oxygen atoms in total. The highest BCUT2D eigenvalue weighted by atomic mass is 16.5. The number of amides is 1. The van der Waals surface area contributed by atoms with Gasteiger partial charge in [0.25, 0.3) is 5.91 Å². The van der Waals surface area contributed by atoms with E-state index in [0.29, 0.717) is 23.8 Å². The second kappa shape index (κ2) is 9.26. The van der Waals surface area contributed by atoms with Crippen molar-refractivity contribution < 1.29 is 9.53 Å². The number of para-hydroxylation sites is 1. The van der Waals surface area contributed by atoms with Crippen LogP contribution in [0.25, 0.3) is 0 Å². The molecule has 0 aliphatic carbocycles. The fraction of sp³-hybridized carbons (Fsp3) is 0.261. The topological polar surface area (TPSA) is 80.5 Å². The molecule has 2 aromatic carbocycles. The van der Waals surface area contributed by atoms with E-state index >= 15 is 0 Å². The maximum atomic E-state index is 12.8. The Morgan fingerprint density at radius 2 is 1.80 bits per heavy atom. The summed E-state index contributed by atoms with van der Waals surface area (Å²) >= 11 is 0. The van der Waals surface area contributed by atoms with Gasteiger partial charge in [-0.1, -0.05) is 18.2 Å². The molecule has 0 radical (unpaired) electrons. The molecule has 0 spiro atoms. The minimum atomic E-state index is -0.253. The van der Waals surface area contributed by atoms with Gasteiger partial charge in [0, 0.05) is 29.6 Å². The lowest BCUT2D eigenvalue weighted by atomic mass is 10.2. The van der Waals surface area contributed by atoms with Crippen LogP contribution in [-0.4, -0.2) is 28.8 Å². The van der Waals surface area contributed by atoms with Crippen molar-refractivity contribution in [3.05, 3.63) is 76.6 Å². The molecule has 0 saturated heterocycles. The maximum absolute atomic E-state index is 12.8. The number of carbonyl (C=O) groups is 1. The lowest BCUT2D eigenvalue weighted by Gasteiger charge is -2.14. The summed E-state index contributed by atoms with van der Waals surface area (Å²) in [7, 11) is 3.50. The molecular formula is C23H27N5O2. The van der Waals surface area contributed by atoms with E-state index < -0.39 is 0 Å². The Morgan fingerprint density at radius 3 is 2.40 bits per heavy atom. The Balaban J connectivity index is 1.86. The molecule has 0 aliphatic heterocycles. The third-order valence-corrected chi connectivity index (χ3v) is 5.04. The van der Waals surface area contributed by atoms with Crippen molar-refractivity contribution in [1.29, 1.82) is 0 Å². The molecule has 2 N–H and O–H groups in total. The van der Waals surface area contributed by atoms with Crippen molar-refractivity contribution in [2.45, 2.75) is 27.3 Å². The summed E-state index contributed by atoms with van der Waals surface area (Å²) in [4.78, 5) is 17.5. The number of aromatic nitrogens is 2. The van der Waals surface area contributed by atoms with Gasteiger partial charge >= 0.3 is 0 Å². The summed E-state index contributed by atoms with van der Waals surface area (Å²) in [6.07, 6.45) is 0. The van der Waals surface area contributed by atoms with Gasteiger partial charge in [0.1, 0.15) is 5.75 Å². The van der Waals surface area contributed by atoms with E-state index in [4.69, 9.17) is 4.74 Å². The van der Waals surface area contributed by atoms with E-state index in [0.717, 1.165) is 28.2 Å². The molecule has 0 bridgehead atoms. The standard InChI is InChI=1S/C23H27N5O2/c1-15-8-6-7-9-21(15)25-23(24-14-20-16(2)27-28(4)17(20)3)26-22(29)18-10-12-19(30-5)13-11-18/h6-13H,14H2,1-5H3,(H2,24,25,26,29). The Labute approximate surface area is 176 Å². The van der Waals surface area contributed by atoms with Crippen LogP contribution in [0.5, 0.6) is 5.75 Å². The number of hydrogen-bond donors (Lipinski definition) is 2. The quantitative estimate of drug-likeness (QED) is 0.500. The first-order chi connectivity index (χ1) is 14.4. The lowest BCUT2D eigenvalue weighted by Crippen LogP contribution is -2.36. The number of aryl methyl sites for hydroxylation is 3. The van der Waals surface area contributed by atoms with Gasteiger partial charge in [-0.25, -0.2) is 4.99 Å². The third kappa shape index (κ3) is 4.86. The van der Waals surface area contributed by atoms with Gasteiger partial charge in [0.2, 0.25) is 5.96 Å². The molecular weight excluding hydrogens is 378 g/mol. The molecule has 0 aliphatic rings. The molecule has 0 fully saturated rings. The fourth-order valence-corrected chi connectivity index (χ4v) is 3.08. The summed E-state index contributed by atoms with van der Waals surface area (Å²) in [6, 6.07) is 14.8. The molecule has 7 heteroatoms. The van der Waals surface area contributed by atoms with E-state index in [1.165, 1.54) is 0 Å². The molecule has 1 amide bonds. The van der Waals surface area contributed by atoms with E-state index in [9.17, 15) is 4.79 Å². The van der Waals surface area contributed by atoms with Crippen molar-refractivity contribution in [2.24, 2.45) is 12.0 Å². The van der Waals surface area contributed by atoms with Crippen molar-refractivity contribution in [1.82, 2.24) is 15.1 Å². The summed E-state index contributed by atoms with van der Waals surface area (Å²) in [5, 5.41) is 10.6. The van der Waals surface area contributed by atoms with Gasteiger partial charge in [-0.3, -0.25) is 14.8 Å². The molecule has 156 valence electrons. The van der Waals surface area contributed by atoms with Crippen LogP contribution < -0.4 is 15.4 Å². The second-order valence-electron chi connectivity index (χ2n) is 7.06. The molecule has 0 atom stereocenters. The van der Waals surface area contributed by atoms with Crippen molar-refractivity contribution in [3.8, 4) is 5.75 Å². The average molecular weight is 406 g/mol. The van der Waals surface area contributed by atoms with Crippen LogP contribution in [0.15, 0.2) is 53.5 Å². The van der Waals surface area contributed by atoms with Gasteiger partial charge in [-0.05, 0) is 56.7 Å². The maximum Gasteiger partial charge on any atom is 0.257 e. The van der Waals surface area contributed by atoms with E-state index in [1.807, 2.05) is 56.8 Å². The predicted molar refractivity (Wildman–Crippen MR) is 119 cm³/mol. The van der Waals surface area contributed by atoms with Crippen molar-refractivity contribution in [3.63, 3.8) is 0 Å². The minimum absolute atomic E-state index is 0.253. The molecule has 30 heavy (non-hydrogen) atoms. The number of rotatable bonds is 5. The Hall–Kier alpha value is -3.61. The zero-order chi connectivity index (χ0) is 21.7. The van der Waals surface area contributed by atoms with Crippen LogP contribution in [-0.2, 0) is 13.6 Å². The van der Waals surface area contributed by atoms with Gasteiger partial charge in [-0.2, -0.15) is 5.10 Å². The average Bonchev–Trinajstić information content (AvgIpc) is 2.99. The molecule has 0 unspecified atom stereocenters. The second-order valence-corrected chi connectivity index (χ2v) is 7.06. The van der Waals surface area contributed by atoms with E-state index in [2.05, 4.69) is 20.7 Å². The monoisotopic (exact) mass is 405 g/mol. The van der Waals surface area contributed by atoms with Gasteiger partial charge < -0.3 is 10.1 Å². The highest BCUT2D eigenvalue weighted by molar-refractivity contribution is 6.10. The zero-order valence-electron chi connectivity index (χ0n) is 18.0. The highest BCUT2D eigenvalue weighted by Gasteiger charge is 2.13. The largest absolute Gasteiger partial charge is 0.497 e. The highest BCUT2D eigenvalue weighted by Crippen LogP contribution is 2.16. The van der Waals surface area contributed by atoms with E-state index in [-0.39, 0.29) is 5.91 Å². The van der Waals surface area contributed by atoms with Crippen LogP contribution in [0.4, 0.5) is 5.69 Å². The van der Waals surface area contributed by atoms with Gasteiger partial charge in [0.05, 0.1) is 19.3 Å². The number of carbonyl (C=O) groups excluding carboxylic acids is 1.